The van der Waals surface area contributed by atoms with Crippen molar-refractivity contribution < 1.29 is 9.53 Å². The predicted octanol–water partition coefficient (Wildman–Crippen LogP) is 2.29. The van der Waals surface area contributed by atoms with Crippen LogP contribution in [0.5, 0.6) is 0 Å². The molecule has 0 radical (unpaired) electrons. The van der Waals surface area contributed by atoms with Gasteiger partial charge in [-0.05, 0) is 32.9 Å². The van der Waals surface area contributed by atoms with Gasteiger partial charge >= 0.3 is 6.03 Å². The summed E-state index contributed by atoms with van der Waals surface area (Å²) in [5.41, 5.74) is 0. The Hall–Kier alpha value is -1.11. The van der Waals surface area contributed by atoms with Crippen LogP contribution in [0.15, 0.2) is 12.1 Å². The maximum Gasteiger partial charge on any atom is 0.319 e. The van der Waals surface area contributed by atoms with Crippen LogP contribution in [0.25, 0.3) is 0 Å². The highest BCUT2D eigenvalue weighted by Crippen LogP contribution is 2.20. The standard InChI is InChI=1S/C14H23N3O2S/c1-10-8-17(9-11(2)19-10)7-6-15-14(18)16-13-5-4-12(3)20-13/h4-5,10-11H,6-9H2,1-3H3,(H2,15,16,18)/t10-,11-/m0/s1. The molecule has 0 aromatic carbocycles. The van der Waals surface area contributed by atoms with Gasteiger partial charge in [0.05, 0.1) is 17.2 Å². The zero-order valence-electron chi connectivity index (χ0n) is 12.3. The lowest BCUT2D eigenvalue weighted by atomic mass is 10.2. The Morgan fingerprint density at radius 1 is 1.40 bits per heavy atom. The Kier molecular flexibility index (Phi) is 5.39. The summed E-state index contributed by atoms with van der Waals surface area (Å²) < 4.78 is 5.69. The molecule has 1 saturated heterocycles. The summed E-state index contributed by atoms with van der Waals surface area (Å²) in [5, 5.41) is 6.62. The summed E-state index contributed by atoms with van der Waals surface area (Å²) in [4.78, 5) is 15.3. The first-order chi connectivity index (χ1) is 9.52. The third-order valence-electron chi connectivity index (χ3n) is 3.19. The average molecular weight is 297 g/mol. The van der Waals surface area contributed by atoms with E-state index in [2.05, 4.69) is 29.4 Å². The second kappa shape index (κ2) is 7.06. The summed E-state index contributed by atoms with van der Waals surface area (Å²) in [5.74, 6) is 0. The number of aryl methyl sites for hydroxylation is 1. The molecule has 6 heteroatoms. The molecular formula is C14H23N3O2S. The predicted molar refractivity (Wildman–Crippen MR) is 82.5 cm³/mol. The SMILES string of the molecule is Cc1ccc(NC(=O)NCCN2C[C@H](C)O[C@@H](C)C2)s1. The topological polar surface area (TPSA) is 53.6 Å². The highest BCUT2D eigenvalue weighted by Gasteiger charge is 2.21. The van der Waals surface area contributed by atoms with Gasteiger partial charge in [0, 0.05) is 31.1 Å². The minimum Gasteiger partial charge on any atom is -0.373 e. The van der Waals surface area contributed by atoms with E-state index in [1.165, 1.54) is 4.88 Å². The average Bonchev–Trinajstić information content (AvgIpc) is 2.73. The molecule has 0 spiro atoms. The minimum absolute atomic E-state index is 0.138. The van der Waals surface area contributed by atoms with Crippen LogP contribution in [0, 0.1) is 6.92 Å². The van der Waals surface area contributed by atoms with Crippen LogP contribution in [0.2, 0.25) is 0 Å². The van der Waals surface area contributed by atoms with E-state index in [0.29, 0.717) is 6.54 Å². The fourth-order valence-electron chi connectivity index (χ4n) is 2.45. The lowest BCUT2D eigenvalue weighted by molar-refractivity contribution is -0.0672. The molecule has 2 heterocycles. The minimum atomic E-state index is -0.138. The number of nitrogens with one attached hydrogen (secondary N) is 2. The molecule has 2 N–H and O–H groups in total. The Balaban J connectivity index is 1.66. The van der Waals surface area contributed by atoms with Crippen LogP contribution in [0.4, 0.5) is 9.80 Å². The number of urea groups is 1. The van der Waals surface area contributed by atoms with E-state index in [1.807, 2.05) is 19.1 Å². The zero-order chi connectivity index (χ0) is 14.5. The van der Waals surface area contributed by atoms with Crippen LogP contribution in [-0.2, 0) is 4.74 Å². The highest BCUT2D eigenvalue weighted by atomic mass is 32.1. The van der Waals surface area contributed by atoms with Crippen molar-refractivity contribution in [3.63, 3.8) is 0 Å². The van der Waals surface area contributed by atoms with Crippen molar-refractivity contribution in [1.29, 1.82) is 0 Å². The van der Waals surface area contributed by atoms with Gasteiger partial charge in [-0.1, -0.05) is 0 Å². The molecule has 5 nitrogen and oxygen atoms in total. The Morgan fingerprint density at radius 2 is 2.10 bits per heavy atom. The van der Waals surface area contributed by atoms with Gasteiger partial charge in [-0.15, -0.1) is 11.3 Å². The van der Waals surface area contributed by atoms with Gasteiger partial charge in [0.25, 0.3) is 0 Å². The normalized spacial score (nSPS) is 23.6. The second-order valence-corrected chi connectivity index (χ2v) is 6.60. The van der Waals surface area contributed by atoms with Gasteiger partial charge in [-0.3, -0.25) is 10.2 Å². The fraction of sp³-hybridized carbons (Fsp3) is 0.643. The molecule has 0 saturated carbocycles. The van der Waals surface area contributed by atoms with Gasteiger partial charge in [0.2, 0.25) is 0 Å². The van der Waals surface area contributed by atoms with Crippen molar-refractivity contribution in [3.8, 4) is 0 Å². The summed E-state index contributed by atoms with van der Waals surface area (Å²) in [6.45, 7) is 9.55. The summed E-state index contributed by atoms with van der Waals surface area (Å²) >= 11 is 1.58. The Morgan fingerprint density at radius 3 is 2.70 bits per heavy atom. The molecule has 1 aromatic rings. The van der Waals surface area contributed by atoms with Crippen molar-refractivity contribution >= 4 is 22.4 Å². The van der Waals surface area contributed by atoms with Crippen molar-refractivity contribution in [2.75, 3.05) is 31.5 Å². The van der Waals surface area contributed by atoms with Crippen LogP contribution in [0.1, 0.15) is 18.7 Å². The van der Waals surface area contributed by atoms with Crippen LogP contribution >= 0.6 is 11.3 Å². The number of rotatable bonds is 4. The number of nitrogens with zero attached hydrogens (tertiary/aromatic N) is 1. The fourth-order valence-corrected chi connectivity index (χ4v) is 3.22. The lowest BCUT2D eigenvalue weighted by Crippen LogP contribution is -2.48. The number of morpholine rings is 1. The Labute approximate surface area is 124 Å². The number of anilines is 1. The first-order valence-corrected chi connectivity index (χ1v) is 7.83. The van der Waals surface area contributed by atoms with Crippen LogP contribution in [0.3, 0.4) is 0 Å². The molecular weight excluding hydrogens is 274 g/mol. The number of carbonyl (C=O) groups excluding carboxylic acids is 1. The van der Waals surface area contributed by atoms with Crippen LogP contribution in [-0.4, -0.2) is 49.3 Å². The van der Waals surface area contributed by atoms with E-state index in [4.69, 9.17) is 4.74 Å². The van der Waals surface area contributed by atoms with Gasteiger partial charge in [0.15, 0.2) is 0 Å². The smallest absolute Gasteiger partial charge is 0.319 e. The maximum atomic E-state index is 11.7. The molecule has 20 heavy (non-hydrogen) atoms. The third-order valence-corrected chi connectivity index (χ3v) is 4.10. The van der Waals surface area contributed by atoms with Gasteiger partial charge < -0.3 is 10.1 Å². The van der Waals surface area contributed by atoms with Crippen molar-refractivity contribution in [3.05, 3.63) is 17.0 Å². The van der Waals surface area contributed by atoms with Gasteiger partial charge in [-0.25, -0.2) is 4.79 Å². The number of thiophene rings is 1. The molecule has 0 aliphatic carbocycles. The molecule has 0 unspecified atom stereocenters. The largest absolute Gasteiger partial charge is 0.373 e. The molecule has 1 aliphatic rings. The number of hydrogen-bond donors (Lipinski definition) is 2. The van der Waals surface area contributed by atoms with E-state index in [0.717, 1.165) is 24.6 Å². The summed E-state index contributed by atoms with van der Waals surface area (Å²) in [7, 11) is 0. The molecule has 2 amide bonds. The van der Waals surface area contributed by atoms with E-state index >= 15 is 0 Å². The Bertz CT molecular complexity index is 439. The van der Waals surface area contributed by atoms with Gasteiger partial charge in [-0.2, -0.15) is 0 Å². The summed E-state index contributed by atoms with van der Waals surface area (Å²) in [6, 6.07) is 3.78. The molecule has 1 fully saturated rings. The van der Waals surface area contributed by atoms with Crippen molar-refractivity contribution in [2.45, 2.75) is 33.0 Å². The van der Waals surface area contributed by atoms with E-state index in [-0.39, 0.29) is 18.2 Å². The molecule has 112 valence electrons. The number of ether oxygens (including phenoxy) is 1. The quantitative estimate of drug-likeness (QED) is 0.896. The first-order valence-electron chi connectivity index (χ1n) is 7.02. The maximum absolute atomic E-state index is 11.7. The van der Waals surface area contributed by atoms with E-state index < -0.39 is 0 Å². The molecule has 1 aliphatic heterocycles. The molecule has 2 rings (SSSR count). The zero-order valence-corrected chi connectivity index (χ0v) is 13.1. The molecule has 1 aromatic heterocycles. The van der Waals surface area contributed by atoms with Gasteiger partial charge in [0.1, 0.15) is 0 Å². The molecule has 2 atom stereocenters. The first kappa shape index (κ1) is 15.3. The third kappa shape index (κ3) is 4.77. The lowest BCUT2D eigenvalue weighted by Gasteiger charge is -2.35. The molecule has 0 bridgehead atoms. The number of hydrogen-bond acceptors (Lipinski definition) is 4. The second-order valence-electron chi connectivity index (χ2n) is 5.31. The van der Waals surface area contributed by atoms with Crippen molar-refractivity contribution in [1.82, 2.24) is 10.2 Å². The highest BCUT2D eigenvalue weighted by molar-refractivity contribution is 7.16. The monoisotopic (exact) mass is 297 g/mol. The number of amides is 2. The van der Waals surface area contributed by atoms with E-state index in [9.17, 15) is 4.79 Å². The van der Waals surface area contributed by atoms with Crippen LogP contribution < -0.4 is 10.6 Å². The van der Waals surface area contributed by atoms with Crippen molar-refractivity contribution in [2.24, 2.45) is 0 Å². The van der Waals surface area contributed by atoms with E-state index in [1.54, 1.807) is 11.3 Å². The number of carbonyl (C=O) groups is 1. The summed E-state index contributed by atoms with van der Waals surface area (Å²) in [6.07, 6.45) is 0.531.